The molecule has 5 nitrogen and oxygen atoms in total. The van der Waals surface area contributed by atoms with E-state index in [0.717, 1.165) is 36.6 Å². The summed E-state index contributed by atoms with van der Waals surface area (Å²) in [7, 11) is 0. The molecule has 1 aromatic heterocycles. The van der Waals surface area contributed by atoms with Gasteiger partial charge in [-0.1, -0.05) is 19.1 Å². The van der Waals surface area contributed by atoms with E-state index in [4.69, 9.17) is 10.6 Å². The van der Waals surface area contributed by atoms with Crippen molar-refractivity contribution in [3.63, 3.8) is 0 Å². The van der Waals surface area contributed by atoms with Crippen LogP contribution in [0.4, 0.5) is 0 Å². The first-order valence-electron chi connectivity index (χ1n) is 7.00. The van der Waals surface area contributed by atoms with Crippen LogP contribution in [0.1, 0.15) is 37.6 Å². The van der Waals surface area contributed by atoms with Crippen molar-refractivity contribution in [2.45, 2.75) is 32.9 Å². The first-order valence-corrected chi connectivity index (χ1v) is 7.00. The number of rotatable bonds is 7. The molecule has 1 unspecified atom stereocenters. The van der Waals surface area contributed by atoms with Crippen molar-refractivity contribution in [3.8, 4) is 5.75 Å². The summed E-state index contributed by atoms with van der Waals surface area (Å²) in [5.74, 6) is 6.61. The Bertz CT molecular complexity index is 538. The molecule has 5 heteroatoms. The molecule has 0 amide bonds. The van der Waals surface area contributed by atoms with Crippen LogP contribution in [0, 0.1) is 0 Å². The zero-order valence-corrected chi connectivity index (χ0v) is 12.0. The van der Waals surface area contributed by atoms with Crippen LogP contribution >= 0.6 is 0 Å². The van der Waals surface area contributed by atoms with E-state index in [-0.39, 0.29) is 6.04 Å². The van der Waals surface area contributed by atoms with E-state index in [1.165, 1.54) is 0 Å². The third kappa shape index (κ3) is 3.18. The lowest BCUT2D eigenvalue weighted by atomic mass is 10.0. The van der Waals surface area contributed by atoms with Crippen molar-refractivity contribution in [2.24, 2.45) is 5.84 Å². The van der Waals surface area contributed by atoms with E-state index in [9.17, 15) is 0 Å². The maximum atomic E-state index is 5.74. The van der Waals surface area contributed by atoms with Gasteiger partial charge in [-0.2, -0.15) is 5.10 Å². The van der Waals surface area contributed by atoms with Crippen LogP contribution < -0.4 is 16.0 Å². The Morgan fingerprint density at radius 1 is 1.35 bits per heavy atom. The molecule has 1 aromatic carbocycles. The molecule has 0 saturated heterocycles. The molecular formula is C15H22N4O. The maximum Gasteiger partial charge on any atom is 0.119 e. The fourth-order valence-corrected chi connectivity index (χ4v) is 2.21. The summed E-state index contributed by atoms with van der Waals surface area (Å²) in [5, 5.41) is 4.29. The van der Waals surface area contributed by atoms with Crippen LogP contribution in [0.2, 0.25) is 0 Å². The van der Waals surface area contributed by atoms with Gasteiger partial charge in [-0.15, -0.1) is 0 Å². The van der Waals surface area contributed by atoms with E-state index in [1.807, 2.05) is 35.0 Å². The van der Waals surface area contributed by atoms with Crippen LogP contribution in [-0.4, -0.2) is 16.4 Å². The highest BCUT2D eigenvalue weighted by molar-refractivity contribution is 5.34. The van der Waals surface area contributed by atoms with Gasteiger partial charge in [0.2, 0.25) is 0 Å². The Kier molecular flexibility index (Phi) is 5.15. The number of nitrogens with zero attached hydrogens (tertiary/aromatic N) is 2. The molecule has 0 aliphatic heterocycles. The Hall–Kier alpha value is -1.85. The van der Waals surface area contributed by atoms with Crippen molar-refractivity contribution in [1.82, 2.24) is 15.2 Å². The van der Waals surface area contributed by atoms with Crippen LogP contribution in [0.3, 0.4) is 0 Å². The Balaban J connectivity index is 2.27. The largest absolute Gasteiger partial charge is 0.494 e. The second-order valence-corrected chi connectivity index (χ2v) is 4.59. The van der Waals surface area contributed by atoms with Gasteiger partial charge >= 0.3 is 0 Å². The first-order chi connectivity index (χ1) is 9.80. The number of benzene rings is 1. The number of aromatic nitrogens is 2. The van der Waals surface area contributed by atoms with Gasteiger partial charge in [-0.25, -0.2) is 5.43 Å². The molecule has 108 valence electrons. The second-order valence-electron chi connectivity index (χ2n) is 4.59. The Labute approximate surface area is 119 Å². The molecular weight excluding hydrogens is 252 g/mol. The van der Waals surface area contributed by atoms with Gasteiger partial charge in [0.25, 0.3) is 0 Å². The molecule has 1 atom stereocenters. The molecule has 0 fully saturated rings. The number of hydrogen-bond donors (Lipinski definition) is 2. The highest BCUT2D eigenvalue weighted by atomic mass is 16.5. The number of ether oxygens (including phenoxy) is 1. The minimum absolute atomic E-state index is 0.0948. The van der Waals surface area contributed by atoms with Crippen molar-refractivity contribution in [3.05, 3.63) is 47.8 Å². The lowest BCUT2D eigenvalue weighted by Crippen LogP contribution is -2.30. The standard InChI is InChI=1S/C15H22N4O/c1-3-10-20-13-7-5-6-12(11-13)15(18-16)14-8-9-17-19(14)4-2/h5-9,11,15,18H,3-4,10,16H2,1-2H3. The fraction of sp³-hybridized carbons (Fsp3) is 0.400. The highest BCUT2D eigenvalue weighted by Gasteiger charge is 2.17. The van der Waals surface area contributed by atoms with E-state index in [0.29, 0.717) is 0 Å². The quantitative estimate of drug-likeness (QED) is 0.600. The summed E-state index contributed by atoms with van der Waals surface area (Å²) < 4.78 is 7.61. The predicted octanol–water partition coefficient (Wildman–Crippen LogP) is 2.24. The monoisotopic (exact) mass is 274 g/mol. The smallest absolute Gasteiger partial charge is 0.119 e. The average molecular weight is 274 g/mol. The molecule has 0 radical (unpaired) electrons. The molecule has 0 aliphatic carbocycles. The second kappa shape index (κ2) is 7.07. The molecule has 2 aromatic rings. The van der Waals surface area contributed by atoms with Crippen molar-refractivity contribution in [1.29, 1.82) is 0 Å². The normalized spacial score (nSPS) is 12.3. The fourth-order valence-electron chi connectivity index (χ4n) is 2.21. The number of nitrogens with two attached hydrogens (primary N) is 1. The van der Waals surface area contributed by atoms with Gasteiger partial charge in [0, 0.05) is 12.7 Å². The Morgan fingerprint density at radius 3 is 2.90 bits per heavy atom. The maximum absolute atomic E-state index is 5.74. The van der Waals surface area contributed by atoms with Crippen LogP contribution in [-0.2, 0) is 6.54 Å². The predicted molar refractivity (Wildman–Crippen MR) is 79.3 cm³/mol. The molecule has 20 heavy (non-hydrogen) atoms. The minimum Gasteiger partial charge on any atom is -0.494 e. The van der Waals surface area contributed by atoms with Gasteiger partial charge in [-0.05, 0) is 37.1 Å². The lowest BCUT2D eigenvalue weighted by molar-refractivity contribution is 0.317. The third-order valence-corrected chi connectivity index (χ3v) is 3.18. The summed E-state index contributed by atoms with van der Waals surface area (Å²) in [6.45, 7) is 5.68. The number of hydrazine groups is 1. The molecule has 3 N–H and O–H groups in total. The topological polar surface area (TPSA) is 65.1 Å². The number of aryl methyl sites for hydroxylation is 1. The number of hydrogen-bond acceptors (Lipinski definition) is 4. The molecule has 0 bridgehead atoms. The summed E-state index contributed by atoms with van der Waals surface area (Å²) >= 11 is 0. The summed E-state index contributed by atoms with van der Waals surface area (Å²) in [6.07, 6.45) is 2.78. The molecule has 0 saturated carbocycles. The van der Waals surface area contributed by atoms with Gasteiger partial charge in [0.05, 0.1) is 18.3 Å². The molecule has 0 spiro atoms. The zero-order chi connectivity index (χ0) is 14.4. The minimum atomic E-state index is -0.0948. The van der Waals surface area contributed by atoms with Gasteiger partial charge in [0.15, 0.2) is 0 Å². The lowest BCUT2D eigenvalue weighted by Gasteiger charge is -2.18. The third-order valence-electron chi connectivity index (χ3n) is 3.18. The summed E-state index contributed by atoms with van der Waals surface area (Å²) in [6, 6.07) is 9.89. The van der Waals surface area contributed by atoms with Crippen molar-refractivity contribution < 1.29 is 4.74 Å². The van der Waals surface area contributed by atoms with Crippen LogP contribution in [0.5, 0.6) is 5.75 Å². The van der Waals surface area contributed by atoms with Crippen LogP contribution in [0.15, 0.2) is 36.5 Å². The zero-order valence-electron chi connectivity index (χ0n) is 12.0. The highest BCUT2D eigenvalue weighted by Crippen LogP contribution is 2.24. The van der Waals surface area contributed by atoms with E-state index < -0.39 is 0 Å². The molecule has 0 aliphatic rings. The van der Waals surface area contributed by atoms with E-state index in [2.05, 4.69) is 24.4 Å². The number of nitrogens with one attached hydrogen (secondary N) is 1. The Morgan fingerprint density at radius 2 is 2.20 bits per heavy atom. The summed E-state index contributed by atoms with van der Waals surface area (Å²) in [4.78, 5) is 0. The summed E-state index contributed by atoms with van der Waals surface area (Å²) in [5.41, 5.74) is 4.97. The van der Waals surface area contributed by atoms with Gasteiger partial charge in [0.1, 0.15) is 5.75 Å². The van der Waals surface area contributed by atoms with E-state index >= 15 is 0 Å². The van der Waals surface area contributed by atoms with Crippen molar-refractivity contribution >= 4 is 0 Å². The first kappa shape index (κ1) is 14.6. The SMILES string of the molecule is CCCOc1cccc(C(NN)c2ccnn2CC)c1. The van der Waals surface area contributed by atoms with Crippen molar-refractivity contribution in [2.75, 3.05) is 6.61 Å². The van der Waals surface area contributed by atoms with Crippen LogP contribution in [0.25, 0.3) is 0 Å². The molecule has 1 heterocycles. The van der Waals surface area contributed by atoms with Gasteiger partial charge < -0.3 is 4.74 Å². The molecule has 2 rings (SSSR count). The van der Waals surface area contributed by atoms with Gasteiger partial charge in [-0.3, -0.25) is 10.5 Å². The van der Waals surface area contributed by atoms with E-state index in [1.54, 1.807) is 6.20 Å². The average Bonchev–Trinajstić information content (AvgIpc) is 2.95.